The van der Waals surface area contributed by atoms with Gasteiger partial charge in [-0.25, -0.2) is 4.68 Å². The summed E-state index contributed by atoms with van der Waals surface area (Å²) in [6.45, 7) is 1.57. The number of nitrogens with zero attached hydrogens (tertiary/aromatic N) is 2. The van der Waals surface area contributed by atoms with Gasteiger partial charge in [-0.15, -0.1) is 0 Å². The lowest BCUT2D eigenvalue weighted by Crippen LogP contribution is -2.19. The molecule has 1 N–H and O–H groups in total. The van der Waals surface area contributed by atoms with Crippen LogP contribution >= 0.6 is 0 Å². The number of aromatic nitrogens is 2. The molecule has 0 unspecified atom stereocenters. The molecule has 0 aliphatic rings. The summed E-state index contributed by atoms with van der Waals surface area (Å²) in [7, 11) is 1.63. The van der Waals surface area contributed by atoms with Crippen molar-refractivity contribution >= 4 is 0 Å². The van der Waals surface area contributed by atoms with Crippen LogP contribution in [0.25, 0.3) is 5.69 Å². The zero-order chi connectivity index (χ0) is 20.1. The molecule has 3 aromatic rings. The fourth-order valence-corrected chi connectivity index (χ4v) is 3.06. The molecule has 1 aromatic heterocycles. The standard InChI is InChI=1S/C21H23F2N3O2/c1-14(24-12-16-6-4-5-7-20(16)28-21(22)23)19-13-25-26(15(19)2)17-8-10-18(27-3)11-9-17/h4-11,13-14,21,24H,12H2,1-3H3/t14-/m0/s1. The third-order valence-corrected chi connectivity index (χ3v) is 4.62. The van der Waals surface area contributed by atoms with Crippen LogP contribution in [0.5, 0.6) is 11.5 Å². The largest absolute Gasteiger partial charge is 0.497 e. The number of methoxy groups -OCH3 is 1. The highest BCUT2D eigenvalue weighted by Gasteiger charge is 2.15. The molecule has 5 nitrogen and oxygen atoms in total. The quantitative estimate of drug-likeness (QED) is 0.612. The topological polar surface area (TPSA) is 48.3 Å². The second-order valence-electron chi connectivity index (χ2n) is 6.38. The smallest absolute Gasteiger partial charge is 0.387 e. The van der Waals surface area contributed by atoms with E-state index in [9.17, 15) is 8.78 Å². The van der Waals surface area contributed by atoms with Crippen LogP contribution in [0.3, 0.4) is 0 Å². The summed E-state index contributed by atoms with van der Waals surface area (Å²) >= 11 is 0. The fraction of sp³-hybridized carbons (Fsp3) is 0.286. The summed E-state index contributed by atoms with van der Waals surface area (Å²) < 4.78 is 36.8. The predicted octanol–water partition coefficient (Wildman–Crippen LogP) is 4.64. The molecule has 0 aliphatic heterocycles. The highest BCUT2D eigenvalue weighted by molar-refractivity contribution is 5.39. The molecule has 3 rings (SSSR count). The number of ether oxygens (including phenoxy) is 2. The van der Waals surface area contributed by atoms with E-state index >= 15 is 0 Å². The van der Waals surface area contributed by atoms with Crippen molar-refractivity contribution in [3.8, 4) is 17.2 Å². The highest BCUT2D eigenvalue weighted by Crippen LogP contribution is 2.24. The van der Waals surface area contributed by atoms with Crippen LogP contribution in [0.2, 0.25) is 0 Å². The molecule has 0 fully saturated rings. The number of hydrogen-bond donors (Lipinski definition) is 1. The lowest BCUT2D eigenvalue weighted by atomic mass is 10.1. The maximum Gasteiger partial charge on any atom is 0.387 e. The molecular weight excluding hydrogens is 364 g/mol. The Hall–Kier alpha value is -2.93. The molecule has 2 aromatic carbocycles. The summed E-state index contributed by atoms with van der Waals surface area (Å²) in [5, 5.41) is 7.84. The van der Waals surface area contributed by atoms with Crippen LogP contribution in [-0.2, 0) is 6.54 Å². The van der Waals surface area contributed by atoms with Gasteiger partial charge in [-0.1, -0.05) is 18.2 Å². The molecule has 28 heavy (non-hydrogen) atoms. The maximum atomic E-state index is 12.6. The number of para-hydroxylation sites is 1. The fourth-order valence-electron chi connectivity index (χ4n) is 3.06. The Bertz CT molecular complexity index is 910. The van der Waals surface area contributed by atoms with Crippen molar-refractivity contribution in [1.29, 1.82) is 0 Å². The van der Waals surface area contributed by atoms with Crippen molar-refractivity contribution in [2.24, 2.45) is 0 Å². The van der Waals surface area contributed by atoms with E-state index in [1.165, 1.54) is 0 Å². The summed E-state index contributed by atoms with van der Waals surface area (Å²) in [5.41, 5.74) is 3.65. The van der Waals surface area contributed by atoms with Gasteiger partial charge in [0.2, 0.25) is 0 Å². The SMILES string of the molecule is COc1ccc(-n2ncc([C@H](C)NCc3ccccc3OC(F)F)c2C)cc1. The Kier molecular flexibility index (Phi) is 6.26. The number of alkyl halides is 2. The minimum Gasteiger partial charge on any atom is -0.497 e. The monoisotopic (exact) mass is 387 g/mol. The van der Waals surface area contributed by atoms with Gasteiger partial charge in [0.05, 0.1) is 19.0 Å². The Morgan fingerprint density at radius 3 is 2.50 bits per heavy atom. The van der Waals surface area contributed by atoms with Crippen LogP contribution in [0, 0.1) is 6.92 Å². The molecule has 0 spiro atoms. The van der Waals surface area contributed by atoms with E-state index in [4.69, 9.17) is 4.74 Å². The average Bonchev–Trinajstić information content (AvgIpc) is 3.08. The number of benzene rings is 2. The van der Waals surface area contributed by atoms with Gasteiger partial charge < -0.3 is 14.8 Å². The minimum absolute atomic E-state index is 0.0217. The molecule has 1 heterocycles. The molecule has 0 radical (unpaired) electrons. The van der Waals surface area contributed by atoms with Crippen LogP contribution < -0.4 is 14.8 Å². The van der Waals surface area contributed by atoms with Crippen molar-refractivity contribution < 1.29 is 18.3 Å². The van der Waals surface area contributed by atoms with E-state index < -0.39 is 6.61 Å². The van der Waals surface area contributed by atoms with E-state index in [0.29, 0.717) is 12.1 Å². The predicted molar refractivity (Wildman–Crippen MR) is 103 cm³/mol. The third-order valence-electron chi connectivity index (χ3n) is 4.62. The van der Waals surface area contributed by atoms with Crippen molar-refractivity contribution in [3.63, 3.8) is 0 Å². The van der Waals surface area contributed by atoms with Crippen molar-refractivity contribution in [3.05, 3.63) is 71.5 Å². The number of hydrogen-bond acceptors (Lipinski definition) is 4. The van der Waals surface area contributed by atoms with Crippen molar-refractivity contribution in [2.45, 2.75) is 33.0 Å². The molecule has 0 aliphatic carbocycles. The van der Waals surface area contributed by atoms with E-state index in [1.807, 2.05) is 49.0 Å². The molecule has 148 valence electrons. The average molecular weight is 387 g/mol. The Morgan fingerprint density at radius 2 is 1.82 bits per heavy atom. The first-order valence-electron chi connectivity index (χ1n) is 8.94. The van der Waals surface area contributed by atoms with E-state index in [2.05, 4.69) is 15.2 Å². The first-order valence-corrected chi connectivity index (χ1v) is 8.94. The van der Waals surface area contributed by atoms with Crippen LogP contribution in [0.4, 0.5) is 8.78 Å². The zero-order valence-corrected chi connectivity index (χ0v) is 16.0. The second-order valence-corrected chi connectivity index (χ2v) is 6.38. The van der Waals surface area contributed by atoms with Crippen LogP contribution in [-0.4, -0.2) is 23.5 Å². The number of nitrogens with one attached hydrogen (secondary N) is 1. The first kappa shape index (κ1) is 19.8. The molecule has 0 amide bonds. The summed E-state index contributed by atoms with van der Waals surface area (Å²) in [4.78, 5) is 0. The van der Waals surface area contributed by atoms with Gasteiger partial charge in [-0.05, 0) is 44.2 Å². The van der Waals surface area contributed by atoms with Gasteiger partial charge in [0.1, 0.15) is 11.5 Å². The van der Waals surface area contributed by atoms with Gasteiger partial charge in [-0.2, -0.15) is 13.9 Å². The molecule has 1 atom stereocenters. The normalized spacial score (nSPS) is 12.2. The lowest BCUT2D eigenvalue weighted by molar-refractivity contribution is -0.0505. The summed E-state index contributed by atoms with van der Waals surface area (Å²) in [6, 6.07) is 14.4. The number of halogens is 2. The number of rotatable bonds is 8. The Morgan fingerprint density at radius 1 is 1.11 bits per heavy atom. The Balaban J connectivity index is 1.72. The van der Waals surface area contributed by atoms with E-state index in [-0.39, 0.29) is 11.8 Å². The molecule has 0 saturated heterocycles. The van der Waals surface area contributed by atoms with Gasteiger partial charge in [0.15, 0.2) is 0 Å². The summed E-state index contributed by atoms with van der Waals surface area (Å²) in [6.07, 6.45) is 1.82. The van der Waals surface area contributed by atoms with Gasteiger partial charge >= 0.3 is 6.61 Å². The van der Waals surface area contributed by atoms with Crippen LogP contribution in [0.1, 0.15) is 29.8 Å². The summed E-state index contributed by atoms with van der Waals surface area (Å²) in [5.74, 6) is 0.969. The zero-order valence-electron chi connectivity index (χ0n) is 16.0. The van der Waals surface area contributed by atoms with Gasteiger partial charge in [-0.3, -0.25) is 0 Å². The first-order chi connectivity index (χ1) is 13.5. The van der Waals surface area contributed by atoms with Crippen molar-refractivity contribution in [1.82, 2.24) is 15.1 Å². The van der Waals surface area contributed by atoms with Gasteiger partial charge in [0, 0.05) is 29.4 Å². The molecule has 0 saturated carbocycles. The lowest BCUT2D eigenvalue weighted by Gasteiger charge is -2.16. The third kappa shape index (κ3) is 4.48. The molecular formula is C21H23F2N3O2. The van der Waals surface area contributed by atoms with Crippen LogP contribution in [0.15, 0.2) is 54.7 Å². The molecule has 0 bridgehead atoms. The van der Waals surface area contributed by atoms with Gasteiger partial charge in [0.25, 0.3) is 0 Å². The second kappa shape index (κ2) is 8.84. The minimum atomic E-state index is -2.84. The van der Waals surface area contributed by atoms with E-state index in [0.717, 1.165) is 22.7 Å². The molecule has 7 heteroatoms. The maximum absolute atomic E-state index is 12.6. The highest BCUT2D eigenvalue weighted by atomic mass is 19.3. The Labute approximate surface area is 162 Å². The van der Waals surface area contributed by atoms with Crippen molar-refractivity contribution in [2.75, 3.05) is 7.11 Å². The van der Waals surface area contributed by atoms with E-state index in [1.54, 1.807) is 31.4 Å².